The van der Waals surface area contributed by atoms with E-state index in [-0.39, 0.29) is 17.6 Å². The molecule has 3 rings (SSSR count). The van der Waals surface area contributed by atoms with E-state index in [2.05, 4.69) is 10.5 Å². The highest BCUT2D eigenvalue weighted by molar-refractivity contribution is 5.86. The molecule has 2 aromatic carbocycles. The number of nitrogens with zero attached hydrogens (tertiary/aromatic N) is 1. The molecule has 6 heteroatoms. The van der Waals surface area contributed by atoms with Gasteiger partial charge in [0.25, 0.3) is 0 Å². The fourth-order valence-corrected chi connectivity index (χ4v) is 2.09. The second-order valence-corrected chi connectivity index (χ2v) is 4.95. The smallest absolute Gasteiger partial charge is 0.428 e. The van der Waals surface area contributed by atoms with E-state index < -0.39 is 6.09 Å². The van der Waals surface area contributed by atoms with Crippen molar-refractivity contribution < 1.29 is 13.9 Å². The Balaban J connectivity index is 1.61. The van der Waals surface area contributed by atoms with Crippen LogP contribution in [0.15, 0.2) is 75.2 Å². The summed E-state index contributed by atoms with van der Waals surface area (Å²) in [5.74, 6) is 0. The van der Waals surface area contributed by atoms with Gasteiger partial charge in [-0.3, -0.25) is 4.79 Å². The number of hydrogen-bond donors (Lipinski definition) is 1. The Morgan fingerprint density at radius 1 is 1.12 bits per heavy atom. The van der Waals surface area contributed by atoms with E-state index in [9.17, 15) is 9.59 Å². The number of hydrogen-bond acceptors (Lipinski definition) is 5. The standard InChI is InChI=1S/C18H14N2O4/c21-17-14(12-23-16-9-5-4-8-15(16)17)10-19-20-18(22)24-11-13-6-2-1-3-7-13/h1-10,12H,11H2,(H,20,22)/b19-10+. The second-order valence-electron chi connectivity index (χ2n) is 4.95. The Morgan fingerprint density at radius 2 is 1.88 bits per heavy atom. The SMILES string of the molecule is O=C(N/N=C/c1coc2ccccc2c1=O)OCc1ccccc1. The summed E-state index contributed by atoms with van der Waals surface area (Å²) in [5, 5.41) is 4.16. The van der Waals surface area contributed by atoms with Gasteiger partial charge in [0.2, 0.25) is 5.43 Å². The van der Waals surface area contributed by atoms with Crippen molar-refractivity contribution >= 4 is 23.3 Å². The van der Waals surface area contributed by atoms with Gasteiger partial charge in [-0.25, -0.2) is 10.2 Å². The van der Waals surface area contributed by atoms with Crippen LogP contribution in [0.5, 0.6) is 0 Å². The number of rotatable bonds is 4. The molecule has 0 saturated carbocycles. The molecule has 0 atom stereocenters. The zero-order valence-corrected chi connectivity index (χ0v) is 12.6. The van der Waals surface area contributed by atoms with Gasteiger partial charge >= 0.3 is 6.09 Å². The zero-order chi connectivity index (χ0) is 16.8. The summed E-state index contributed by atoms with van der Waals surface area (Å²) in [4.78, 5) is 23.8. The van der Waals surface area contributed by atoms with E-state index in [0.29, 0.717) is 11.0 Å². The Labute approximate surface area is 137 Å². The number of ether oxygens (including phenoxy) is 1. The molecule has 0 unspecified atom stereocenters. The van der Waals surface area contributed by atoms with Crippen molar-refractivity contribution in [2.24, 2.45) is 5.10 Å². The van der Waals surface area contributed by atoms with Crippen LogP contribution in [0.4, 0.5) is 4.79 Å². The molecule has 1 aromatic heterocycles. The predicted molar refractivity (Wildman–Crippen MR) is 89.8 cm³/mol. The topological polar surface area (TPSA) is 80.9 Å². The molecule has 1 N–H and O–H groups in total. The van der Waals surface area contributed by atoms with E-state index in [4.69, 9.17) is 9.15 Å². The van der Waals surface area contributed by atoms with E-state index >= 15 is 0 Å². The summed E-state index contributed by atoms with van der Waals surface area (Å²) in [6, 6.07) is 16.2. The third-order valence-electron chi connectivity index (χ3n) is 3.28. The van der Waals surface area contributed by atoms with Crippen LogP contribution >= 0.6 is 0 Å². The van der Waals surface area contributed by atoms with Crippen LogP contribution in [0.3, 0.4) is 0 Å². The van der Waals surface area contributed by atoms with Gasteiger partial charge in [0.15, 0.2) is 0 Å². The van der Waals surface area contributed by atoms with Crippen LogP contribution in [-0.2, 0) is 11.3 Å². The van der Waals surface area contributed by atoms with Crippen molar-refractivity contribution in [3.05, 3.63) is 82.2 Å². The van der Waals surface area contributed by atoms with Crippen LogP contribution < -0.4 is 10.9 Å². The van der Waals surface area contributed by atoms with Gasteiger partial charge in [-0.05, 0) is 17.7 Å². The van der Waals surface area contributed by atoms with E-state index in [0.717, 1.165) is 5.56 Å². The first-order valence-electron chi connectivity index (χ1n) is 7.24. The number of carbonyl (C=O) groups excluding carboxylic acids is 1. The Bertz CT molecular complexity index is 932. The third kappa shape index (κ3) is 3.67. The zero-order valence-electron chi connectivity index (χ0n) is 12.6. The van der Waals surface area contributed by atoms with Crippen molar-refractivity contribution in [3.63, 3.8) is 0 Å². The molecule has 0 saturated heterocycles. The molecule has 6 nitrogen and oxygen atoms in total. The van der Waals surface area contributed by atoms with Crippen molar-refractivity contribution in [2.75, 3.05) is 0 Å². The molecule has 0 aliphatic heterocycles. The molecule has 0 bridgehead atoms. The van der Waals surface area contributed by atoms with Gasteiger partial charge < -0.3 is 9.15 Å². The number of benzene rings is 2. The van der Waals surface area contributed by atoms with Crippen LogP contribution in [0.2, 0.25) is 0 Å². The molecule has 0 fully saturated rings. The van der Waals surface area contributed by atoms with Gasteiger partial charge in [-0.1, -0.05) is 42.5 Å². The summed E-state index contributed by atoms with van der Waals surface area (Å²) < 4.78 is 10.4. The average Bonchev–Trinajstić information content (AvgIpc) is 2.63. The van der Waals surface area contributed by atoms with E-state index in [1.807, 2.05) is 30.3 Å². The second kappa shape index (κ2) is 7.23. The van der Waals surface area contributed by atoms with Gasteiger partial charge in [-0.15, -0.1) is 0 Å². The molecule has 0 radical (unpaired) electrons. The first kappa shape index (κ1) is 15.5. The van der Waals surface area contributed by atoms with Crippen molar-refractivity contribution in [1.29, 1.82) is 0 Å². The highest BCUT2D eigenvalue weighted by atomic mass is 16.6. The number of amides is 1. The first-order chi connectivity index (χ1) is 11.7. The minimum atomic E-state index is -0.708. The maximum Gasteiger partial charge on any atom is 0.428 e. The molecule has 3 aromatic rings. The van der Waals surface area contributed by atoms with Crippen LogP contribution in [-0.4, -0.2) is 12.3 Å². The molecular weight excluding hydrogens is 308 g/mol. The van der Waals surface area contributed by atoms with Gasteiger partial charge in [0.05, 0.1) is 17.2 Å². The molecule has 120 valence electrons. The fraction of sp³-hybridized carbons (Fsp3) is 0.0556. The number of nitrogens with one attached hydrogen (secondary N) is 1. The highest BCUT2D eigenvalue weighted by Crippen LogP contribution is 2.09. The van der Waals surface area contributed by atoms with Crippen molar-refractivity contribution in [3.8, 4) is 0 Å². The Hall–Kier alpha value is -3.41. The molecule has 24 heavy (non-hydrogen) atoms. The molecule has 1 heterocycles. The average molecular weight is 322 g/mol. The van der Waals surface area contributed by atoms with Gasteiger partial charge in [-0.2, -0.15) is 5.10 Å². The van der Waals surface area contributed by atoms with Crippen LogP contribution in [0.25, 0.3) is 11.0 Å². The van der Waals surface area contributed by atoms with Gasteiger partial charge in [0, 0.05) is 0 Å². The van der Waals surface area contributed by atoms with Crippen LogP contribution in [0.1, 0.15) is 11.1 Å². The Morgan fingerprint density at radius 3 is 2.71 bits per heavy atom. The molecular formula is C18H14N2O4. The molecule has 0 aliphatic rings. The minimum Gasteiger partial charge on any atom is -0.463 e. The molecule has 0 aliphatic carbocycles. The summed E-state index contributed by atoms with van der Waals surface area (Å²) in [5.41, 5.74) is 3.58. The minimum absolute atomic E-state index is 0.139. The summed E-state index contributed by atoms with van der Waals surface area (Å²) in [6.07, 6.45) is 1.81. The number of fused-ring (bicyclic) bond motifs is 1. The quantitative estimate of drug-likeness (QED) is 0.591. The summed E-state index contributed by atoms with van der Waals surface area (Å²) in [6.45, 7) is 0.139. The van der Waals surface area contributed by atoms with Gasteiger partial charge in [0.1, 0.15) is 18.5 Å². The largest absolute Gasteiger partial charge is 0.463 e. The number of hydrazone groups is 1. The highest BCUT2D eigenvalue weighted by Gasteiger charge is 2.05. The first-order valence-corrected chi connectivity index (χ1v) is 7.24. The van der Waals surface area contributed by atoms with E-state index in [1.165, 1.54) is 12.5 Å². The predicted octanol–water partition coefficient (Wildman–Crippen LogP) is 3.05. The number of para-hydroxylation sites is 1. The Kier molecular flexibility index (Phi) is 4.67. The maximum atomic E-state index is 12.2. The number of carbonyl (C=O) groups is 1. The normalized spacial score (nSPS) is 10.8. The summed E-state index contributed by atoms with van der Waals surface area (Å²) in [7, 11) is 0. The molecule has 1 amide bonds. The third-order valence-corrected chi connectivity index (χ3v) is 3.28. The monoisotopic (exact) mass is 322 g/mol. The summed E-state index contributed by atoms with van der Waals surface area (Å²) >= 11 is 0. The van der Waals surface area contributed by atoms with E-state index in [1.54, 1.807) is 24.3 Å². The van der Waals surface area contributed by atoms with Crippen molar-refractivity contribution in [1.82, 2.24) is 5.43 Å². The lowest BCUT2D eigenvalue weighted by Gasteiger charge is -2.03. The fourth-order valence-electron chi connectivity index (χ4n) is 2.09. The lowest BCUT2D eigenvalue weighted by atomic mass is 10.2. The lowest BCUT2D eigenvalue weighted by molar-refractivity contribution is 0.140. The van der Waals surface area contributed by atoms with Crippen molar-refractivity contribution in [2.45, 2.75) is 6.61 Å². The van der Waals surface area contributed by atoms with Crippen LogP contribution in [0, 0.1) is 0 Å². The molecule has 0 spiro atoms. The lowest BCUT2D eigenvalue weighted by Crippen LogP contribution is -2.19. The maximum absolute atomic E-state index is 12.2.